The van der Waals surface area contributed by atoms with Crippen LogP contribution in [0.15, 0.2) is 51.4 Å². The number of ether oxygens (including phenoxy) is 1. The highest BCUT2D eigenvalue weighted by Gasteiger charge is 2.13. The molecular weight excluding hydrogens is 475 g/mol. The molecule has 0 bridgehead atoms. The Morgan fingerprint density at radius 2 is 1.83 bits per heavy atom. The molecule has 0 atom stereocenters. The number of hydrogen-bond donors (Lipinski definition) is 0. The first-order valence-electron chi connectivity index (χ1n) is 4.99. The van der Waals surface area contributed by atoms with Crippen LogP contribution < -0.4 is 4.74 Å². The lowest BCUT2D eigenvalue weighted by Crippen LogP contribution is -2.10. The zero-order chi connectivity index (χ0) is 13.1. The van der Waals surface area contributed by atoms with E-state index in [4.69, 9.17) is 4.74 Å². The summed E-state index contributed by atoms with van der Waals surface area (Å²) in [5.41, 5.74) is 0.563. The first-order chi connectivity index (χ1) is 8.58. The third kappa shape index (κ3) is 3.33. The normalized spacial score (nSPS) is 10.2. The Morgan fingerprint density at radius 1 is 1.11 bits per heavy atom. The van der Waals surface area contributed by atoms with Gasteiger partial charge >= 0.3 is 5.97 Å². The van der Waals surface area contributed by atoms with Crippen molar-refractivity contribution in [2.45, 2.75) is 0 Å². The van der Waals surface area contributed by atoms with Gasteiger partial charge in [0.15, 0.2) is 0 Å². The van der Waals surface area contributed by atoms with Gasteiger partial charge in [-0.25, -0.2) is 4.79 Å². The van der Waals surface area contributed by atoms with Crippen molar-refractivity contribution in [3.63, 3.8) is 0 Å². The van der Waals surface area contributed by atoms with Crippen LogP contribution in [0, 0.1) is 3.57 Å². The first-order valence-corrected chi connectivity index (χ1v) is 7.66. The molecule has 0 saturated carbocycles. The topological polar surface area (TPSA) is 26.3 Å². The fraction of sp³-hybridized carbons (Fsp3) is 0. The van der Waals surface area contributed by atoms with E-state index in [1.54, 1.807) is 12.1 Å². The van der Waals surface area contributed by atoms with Crippen LogP contribution in [0.25, 0.3) is 0 Å². The summed E-state index contributed by atoms with van der Waals surface area (Å²) in [7, 11) is 0. The van der Waals surface area contributed by atoms with Crippen LogP contribution in [0.2, 0.25) is 0 Å². The van der Waals surface area contributed by atoms with Crippen LogP contribution in [0.5, 0.6) is 5.75 Å². The Bertz CT molecular complexity index is 599. The van der Waals surface area contributed by atoms with Gasteiger partial charge in [-0.2, -0.15) is 0 Å². The van der Waals surface area contributed by atoms with E-state index in [1.165, 1.54) is 0 Å². The molecule has 0 aromatic heterocycles. The first kappa shape index (κ1) is 14.0. The van der Waals surface area contributed by atoms with E-state index in [2.05, 4.69) is 54.5 Å². The summed E-state index contributed by atoms with van der Waals surface area (Å²) in [6.07, 6.45) is 0. The predicted octanol–water partition coefficient (Wildman–Crippen LogP) is 5.04. The minimum absolute atomic E-state index is 0.358. The molecule has 2 nitrogen and oxygen atoms in total. The monoisotopic (exact) mass is 480 g/mol. The van der Waals surface area contributed by atoms with E-state index >= 15 is 0 Å². The number of rotatable bonds is 2. The van der Waals surface area contributed by atoms with Crippen molar-refractivity contribution in [1.29, 1.82) is 0 Å². The molecule has 0 amide bonds. The fourth-order valence-electron chi connectivity index (χ4n) is 1.34. The van der Waals surface area contributed by atoms with Crippen LogP contribution in [0.3, 0.4) is 0 Å². The molecule has 0 fully saturated rings. The second-order valence-electron chi connectivity index (χ2n) is 3.44. The third-order valence-corrected chi connectivity index (χ3v) is 4.24. The Labute approximate surface area is 135 Å². The number of carbonyl (C=O) groups is 1. The quantitative estimate of drug-likeness (QED) is 0.341. The smallest absolute Gasteiger partial charge is 0.344 e. The van der Waals surface area contributed by atoms with Crippen molar-refractivity contribution >= 4 is 60.4 Å². The summed E-state index contributed by atoms with van der Waals surface area (Å²) in [6.45, 7) is 0. The zero-order valence-corrected chi connectivity index (χ0v) is 14.3. The summed E-state index contributed by atoms with van der Waals surface area (Å²) in [4.78, 5) is 12.0. The van der Waals surface area contributed by atoms with Crippen LogP contribution in [0.4, 0.5) is 0 Å². The van der Waals surface area contributed by atoms with Gasteiger partial charge in [-0.15, -0.1) is 0 Å². The molecule has 18 heavy (non-hydrogen) atoms. The lowest BCUT2D eigenvalue weighted by Gasteiger charge is -2.07. The summed E-state index contributed by atoms with van der Waals surface area (Å²) >= 11 is 8.82. The Hall–Kier alpha value is -0.400. The minimum atomic E-state index is -0.358. The molecule has 0 spiro atoms. The van der Waals surface area contributed by atoms with Crippen molar-refractivity contribution < 1.29 is 9.53 Å². The summed E-state index contributed by atoms with van der Waals surface area (Å²) in [6, 6.07) is 12.7. The van der Waals surface area contributed by atoms with E-state index in [-0.39, 0.29) is 5.97 Å². The molecule has 0 heterocycles. The number of benzene rings is 2. The average molecular weight is 482 g/mol. The van der Waals surface area contributed by atoms with Gasteiger partial charge in [0.05, 0.1) is 10.0 Å². The lowest BCUT2D eigenvalue weighted by molar-refractivity contribution is 0.0732. The van der Waals surface area contributed by atoms with Gasteiger partial charge in [0.1, 0.15) is 5.75 Å². The van der Waals surface area contributed by atoms with Gasteiger partial charge in [0.25, 0.3) is 0 Å². The SMILES string of the molecule is O=C(Oc1ccc(Br)cc1Br)c1ccccc1I. The van der Waals surface area contributed by atoms with E-state index in [9.17, 15) is 4.79 Å². The molecule has 0 saturated heterocycles. The number of hydrogen-bond acceptors (Lipinski definition) is 2. The van der Waals surface area contributed by atoms with Crippen LogP contribution in [0.1, 0.15) is 10.4 Å². The van der Waals surface area contributed by atoms with Crippen molar-refractivity contribution in [3.8, 4) is 5.75 Å². The Kier molecular flexibility index (Phi) is 4.80. The molecule has 0 radical (unpaired) electrons. The Morgan fingerprint density at radius 3 is 2.50 bits per heavy atom. The van der Waals surface area contributed by atoms with E-state index < -0.39 is 0 Å². The fourth-order valence-corrected chi connectivity index (χ4v) is 3.08. The standard InChI is InChI=1S/C13H7Br2IO2/c14-8-5-6-12(10(15)7-8)18-13(17)9-3-1-2-4-11(9)16/h1-7H. The second-order valence-corrected chi connectivity index (χ2v) is 6.38. The van der Waals surface area contributed by atoms with Crippen molar-refractivity contribution in [2.75, 3.05) is 0 Å². The molecule has 92 valence electrons. The molecular formula is C13H7Br2IO2. The molecule has 0 unspecified atom stereocenters. The summed E-state index contributed by atoms with van der Waals surface area (Å²) in [5, 5.41) is 0. The molecule has 2 aromatic carbocycles. The highest BCUT2D eigenvalue weighted by molar-refractivity contribution is 14.1. The molecule has 2 aromatic rings. The molecule has 2 rings (SSSR count). The molecule has 0 aliphatic carbocycles. The summed E-state index contributed by atoms with van der Waals surface area (Å²) in [5.74, 6) is 0.144. The predicted molar refractivity (Wildman–Crippen MR) is 86.0 cm³/mol. The van der Waals surface area contributed by atoms with Gasteiger partial charge in [-0.1, -0.05) is 28.1 Å². The third-order valence-electron chi connectivity index (χ3n) is 2.19. The van der Waals surface area contributed by atoms with Crippen LogP contribution in [-0.4, -0.2) is 5.97 Å². The van der Waals surface area contributed by atoms with Gasteiger partial charge in [0.2, 0.25) is 0 Å². The average Bonchev–Trinajstić information content (AvgIpc) is 2.33. The lowest BCUT2D eigenvalue weighted by atomic mass is 10.2. The number of halogens is 3. The maximum absolute atomic E-state index is 12.0. The Balaban J connectivity index is 2.24. The van der Waals surface area contributed by atoms with Gasteiger partial charge in [0, 0.05) is 8.04 Å². The zero-order valence-electron chi connectivity index (χ0n) is 8.99. The number of carbonyl (C=O) groups excluding carboxylic acids is 1. The molecule has 0 N–H and O–H groups in total. The van der Waals surface area contributed by atoms with Crippen molar-refractivity contribution in [2.24, 2.45) is 0 Å². The van der Waals surface area contributed by atoms with Crippen molar-refractivity contribution in [1.82, 2.24) is 0 Å². The molecule has 0 aliphatic heterocycles. The van der Waals surface area contributed by atoms with Crippen molar-refractivity contribution in [3.05, 3.63) is 60.5 Å². The van der Waals surface area contributed by atoms with Gasteiger partial charge in [-0.3, -0.25) is 0 Å². The van der Waals surface area contributed by atoms with E-state index in [0.29, 0.717) is 11.3 Å². The summed E-state index contributed by atoms with van der Waals surface area (Å²) < 4.78 is 7.88. The van der Waals surface area contributed by atoms with E-state index in [0.717, 1.165) is 12.5 Å². The number of esters is 1. The van der Waals surface area contributed by atoms with Crippen LogP contribution in [-0.2, 0) is 0 Å². The molecule has 5 heteroatoms. The van der Waals surface area contributed by atoms with Crippen LogP contribution >= 0.6 is 54.5 Å². The second kappa shape index (κ2) is 6.16. The highest BCUT2D eigenvalue weighted by Crippen LogP contribution is 2.29. The molecule has 0 aliphatic rings. The minimum Gasteiger partial charge on any atom is -0.422 e. The van der Waals surface area contributed by atoms with E-state index in [1.807, 2.05) is 30.3 Å². The van der Waals surface area contributed by atoms with Gasteiger partial charge < -0.3 is 4.74 Å². The highest BCUT2D eigenvalue weighted by atomic mass is 127. The van der Waals surface area contributed by atoms with Gasteiger partial charge in [-0.05, 0) is 68.9 Å². The largest absolute Gasteiger partial charge is 0.422 e. The maximum Gasteiger partial charge on any atom is 0.344 e. The maximum atomic E-state index is 12.0.